The number of nitrogens with two attached hydrogens (primary N) is 2. The number of halogens is 1. The second kappa shape index (κ2) is 12.5. The van der Waals surface area contributed by atoms with Crippen LogP contribution in [0.3, 0.4) is 0 Å². The van der Waals surface area contributed by atoms with E-state index >= 15 is 0 Å². The summed E-state index contributed by atoms with van der Waals surface area (Å²) in [5, 5.41) is 10.1. The number of rotatable bonds is 4. The molecule has 1 aliphatic heterocycles. The first-order chi connectivity index (χ1) is 11.5. The van der Waals surface area contributed by atoms with Crippen LogP contribution in [0.1, 0.15) is 16.8 Å². The minimum Gasteiger partial charge on any atom is -0.376 e. The molecule has 4 N–H and O–H groups in total. The molecule has 3 atom stereocenters. The van der Waals surface area contributed by atoms with Crippen molar-refractivity contribution >= 4 is 12.0 Å². The topological polar surface area (TPSA) is 131 Å². The summed E-state index contributed by atoms with van der Waals surface area (Å²) in [5.74, 6) is 0. The number of non-ortho nitro benzene ring substituents is 1. The zero-order valence-electron chi connectivity index (χ0n) is 13.8. The van der Waals surface area contributed by atoms with Crippen LogP contribution in [-0.4, -0.2) is 56.9 Å². The van der Waals surface area contributed by atoms with Crippen molar-refractivity contribution in [3.05, 3.63) is 39.9 Å². The first kappa shape index (κ1) is 22.1. The standard InChI is InChI=1S/C7H14FNO2.C7H5NO3.CH5N/c1-10-7-5(8)2-3-11-6(7)4-9;9-5-6-1-3-7(4-2-6)8(10)11;1-2/h5-7H,2-4,9H2,1H3;1-5H;2H2,1H3. The summed E-state index contributed by atoms with van der Waals surface area (Å²) in [6, 6.07) is 5.41. The Bertz CT molecular complexity index is 487. The molecular weight excluding hydrogens is 321 g/mol. The third kappa shape index (κ3) is 7.09. The molecule has 2 rings (SSSR count). The van der Waals surface area contributed by atoms with Gasteiger partial charge in [0.1, 0.15) is 18.6 Å². The average Bonchev–Trinajstić information content (AvgIpc) is 2.63. The van der Waals surface area contributed by atoms with E-state index in [0.29, 0.717) is 31.4 Å². The van der Waals surface area contributed by atoms with Crippen LogP contribution in [0.25, 0.3) is 0 Å². The monoisotopic (exact) mass is 345 g/mol. The number of hydrogen-bond donors (Lipinski definition) is 2. The molecule has 0 radical (unpaired) electrons. The molecule has 0 bridgehead atoms. The Balaban J connectivity index is 0.000000400. The van der Waals surface area contributed by atoms with Crippen LogP contribution in [0.5, 0.6) is 0 Å². The predicted octanol–water partition coefficient (Wildman–Crippen LogP) is 1.07. The number of nitrogens with zero attached hydrogens (tertiary/aromatic N) is 1. The second-order valence-corrected chi connectivity index (χ2v) is 4.62. The Hall–Kier alpha value is -1.94. The van der Waals surface area contributed by atoms with Crippen LogP contribution in [-0.2, 0) is 9.47 Å². The fraction of sp³-hybridized carbons (Fsp3) is 0.533. The largest absolute Gasteiger partial charge is 0.376 e. The molecule has 0 saturated carbocycles. The Morgan fingerprint density at radius 3 is 2.38 bits per heavy atom. The van der Waals surface area contributed by atoms with Crippen molar-refractivity contribution in [2.45, 2.75) is 24.8 Å². The van der Waals surface area contributed by atoms with Crippen LogP contribution in [0.2, 0.25) is 0 Å². The number of alkyl halides is 1. The van der Waals surface area contributed by atoms with Gasteiger partial charge in [0.2, 0.25) is 0 Å². The lowest BCUT2D eigenvalue weighted by Crippen LogP contribution is -2.47. The van der Waals surface area contributed by atoms with Crippen molar-refractivity contribution < 1.29 is 23.6 Å². The number of carbonyl (C=O) groups is 1. The molecule has 1 heterocycles. The molecule has 0 spiro atoms. The summed E-state index contributed by atoms with van der Waals surface area (Å²) < 4.78 is 23.2. The molecule has 24 heavy (non-hydrogen) atoms. The Morgan fingerprint density at radius 1 is 1.42 bits per heavy atom. The highest BCUT2D eigenvalue weighted by Gasteiger charge is 2.33. The number of ether oxygens (including phenoxy) is 2. The van der Waals surface area contributed by atoms with Crippen molar-refractivity contribution in [3.8, 4) is 0 Å². The first-order valence-electron chi connectivity index (χ1n) is 7.29. The molecule has 1 aromatic rings. The van der Waals surface area contributed by atoms with E-state index in [9.17, 15) is 19.3 Å². The third-order valence-electron chi connectivity index (χ3n) is 3.19. The maximum Gasteiger partial charge on any atom is 0.269 e. The lowest BCUT2D eigenvalue weighted by atomic mass is 10.0. The van der Waals surface area contributed by atoms with Gasteiger partial charge < -0.3 is 20.9 Å². The summed E-state index contributed by atoms with van der Waals surface area (Å²) in [7, 11) is 2.98. The molecule has 1 fully saturated rings. The molecule has 136 valence electrons. The fourth-order valence-corrected chi connectivity index (χ4v) is 2.00. The lowest BCUT2D eigenvalue weighted by molar-refractivity contribution is -0.384. The normalized spacial score (nSPS) is 22.3. The van der Waals surface area contributed by atoms with E-state index in [0.717, 1.165) is 0 Å². The number of nitro benzene ring substituents is 1. The highest BCUT2D eigenvalue weighted by Crippen LogP contribution is 2.19. The van der Waals surface area contributed by atoms with Crippen molar-refractivity contribution in [1.82, 2.24) is 0 Å². The van der Waals surface area contributed by atoms with Crippen molar-refractivity contribution in [2.24, 2.45) is 11.5 Å². The van der Waals surface area contributed by atoms with Gasteiger partial charge in [0.25, 0.3) is 5.69 Å². The summed E-state index contributed by atoms with van der Waals surface area (Å²) in [4.78, 5) is 19.7. The lowest BCUT2D eigenvalue weighted by Gasteiger charge is -2.32. The SMILES string of the molecule is CN.COC1C(F)CCOC1CN.O=Cc1ccc([N+](=O)[O-])cc1. The summed E-state index contributed by atoms with van der Waals surface area (Å²) in [6.07, 6.45) is -0.626. The van der Waals surface area contributed by atoms with Gasteiger partial charge in [-0.3, -0.25) is 14.9 Å². The number of benzene rings is 1. The molecule has 9 heteroatoms. The van der Waals surface area contributed by atoms with Crippen molar-refractivity contribution in [2.75, 3.05) is 27.3 Å². The number of carbonyl (C=O) groups excluding carboxylic acids is 1. The minimum absolute atomic E-state index is 0.00407. The Morgan fingerprint density at radius 2 is 2.00 bits per heavy atom. The summed E-state index contributed by atoms with van der Waals surface area (Å²) >= 11 is 0. The van der Waals surface area contributed by atoms with E-state index in [-0.39, 0.29) is 11.8 Å². The van der Waals surface area contributed by atoms with E-state index in [1.165, 1.54) is 38.4 Å². The van der Waals surface area contributed by atoms with Gasteiger partial charge in [0.15, 0.2) is 0 Å². The quantitative estimate of drug-likeness (QED) is 0.474. The van der Waals surface area contributed by atoms with Gasteiger partial charge in [-0.2, -0.15) is 0 Å². The highest BCUT2D eigenvalue weighted by atomic mass is 19.1. The zero-order valence-corrected chi connectivity index (χ0v) is 13.8. The number of hydrogen-bond acceptors (Lipinski definition) is 7. The maximum atomic E-state index is 13.0. The van der Waals surface area contributed by atoms with Gasteiger partial charge in [0, 0.05) is 37.8 Å². The molecule has 1 saturated heterocycles. The molecule has 0 aliphatic carbocycles. The van der Waals surface area contributed by atoms with Gasteiger partial charge >= 0.3 is 0 Å². The Kier molecular flexibility index (Phi) is 11.5. The molecule has 8 nitrogen and oxygen atoms in total. The smallest absolute Gasteiger partial charge is 0.269 e. The maximum absolute atomic E-state index is 13.0. The number of aldehydes is 1. The van der Waals surface area contributed by atoms with E-state index in [1.807, 2.05) is 0 Å². The van der Waals surface area contributed by atoms with Crippen LogP contribution >= 0.6 is 0 Å². The van der Waals surface area contributed by atoms with Gasteiger partial charge in [0.05, 0.1) is 17.6 Å². The average molecular weight is 345 g/mol. The third-order valence-corrected chi connectivity index (χ3v) is 3.19. The van der Waals surface area contributed by atoms with Crippen molar-refractivity contribution in [3.63, 3.8) is 0 Å². The Labute approximate surface area is 140 Å². The molecule has 1 aromatic carbocycles. The van der Waals surface area contributed by atoms with Crippen molar-refractivity contribution in [1.29, 1.82) is 0 Å². The van der Waals surface area contributed by atoms with E-state index < -0.39 is 17.2 Å². The van der Waals surface area contributed by atoms with E-state index in [4.69, 9.17) is 15.2 Å². The molecule has 3 unspecified atom stereocenters. The van der Waals surface area contributed by atoms with Gasteiger partial charge in [-0.15, -0.1) is 0 Å². The number of nitro groups is 1. The minimum atomic E-state index is -0.928. The predicted molar refractivity (Wildman–Crippen MR) is 87.7 cm³/mol. The molecule has 0 amide bonds. The van der Waals surface area contributed by atoms with E-state index in [1.54, 1.807) is 0 Å². The fourth-order valence-electron chi connectivity index (χ4n) is 2.00. The van der Waals surface area contributed by atoms with E-state index in [2.05, 4.69) is 5.73 Å². The van der Waals surface area contributed by atoms with Gasteiger partial charge in [-0.25, -0.2) is 4.39 Å². The first-order valence-corrected chi connectivity index (χ1v) is 7.29. The molecular formula is C15H24FN3O5. The molecule has 1 aliphatic rings. The zero-order chi connectivity index (χ0) is 18.5. The van der Waals surface area contributed by atoms with Crippen LogP contribution < -0.4 is 11.5 Å². The second-order valence-electron chi connectivity index (χ2n) is 4.62. The molecule has 0 aromatic heterocycles. The summed E-state index contributed by atoms with van der Waals surface area (Å²) in [5.41, 5.74) is 10.3. The summed E-state index contributed by atoms with van der Waals surface area (Å²) in [6.45, 7) is 0.766. The number of methoxy groups -OCH3 is 1. The van der Waals surface area contributed by atoms with Gasteiger partial charge in [-0.05, 0) is 19.2 Å². The van der Waals surface area contributed by atoms with Crippen LogP contribution in [0.15, 0.2) is 24.3 Å². The van der Waals surface area contributed by atoms with Crippen LogP contribution in [0.4, 0.5) is 10.1 Å². The van der Waals surface area contributed by atoms with Crippen LogP contribution in [0, 0.1) is 10.1 Å². The van der Waals surface area contributed by atoms with Gasteiger partial charge in [-0.1, -0.05) is 0 Å². The highest BCUT2D eigenvalue weighted by molar-refractivity contribution is 5.75.